The molecule has 2 rings (SSSR count). The van der Waals surface area contributed by atoms with E-state index in [0.29, 0.717) is 4.47 Å². The quantitative estimate of drug-likeness (QED) is 0.878. The van der Waals surface area contributed by atoms with Gasteiger partial charge in [-0.05, 0) is 25.1 Å². The number of ether oxygens (including phenoxy) is 1. The molecule has 0 saturated carbocycles. The largest absolute Gasteiger partial charge is 0.367 e. The van der Waals surface area contributed by atoms with Gasteiger partial charge in [-0.15, -0.1) is 0 Å². The molecule has 108 valence electrons. The first-order valence-electron chi connectivity index (χ1n) is 6.07. The summed E-state index contributed by atoms with van der Waals surface area (Å²) in [5, 5.41) is 0. The van der Waals surface area contributed by atoms with Crippen LogP contribution in [0.1, 0.15) is 17.3 Å². The number of rotatable bonds is 2. The van der Waals surface area contributed by atoms with Gasteiger partial charge in [-0.3, -0.25) is 9.59 Å². The van der Waals surface area contributed by atoms with E-state index in [0.717, 1.165) is 0 Å². The zero-order valence-electron chi connectivity index (χ0n) is 10.8. The Morgan fingerprint density at radius 3 is 2.75 bits per heavy atom. The highest BCUT2D eigenvalue weighted by atomic mass is 79.9. The van der Waals surface area contributed by atoms with Gasteiger partial charge in [0.05, 0.1) is 18.2 Å². The van der Waals surface area contributed by atoms with Crippen LogP contribution in [0.2, 0.25) is 0 Å². The summed E-state index contributed by atoms with van der Waals surface area (Å²) in [4.78, 5) is 24.9. The summed E-state index contributed by atoms with van der Waals surface area (Å²) in [5.74, 6) is -1.72. The van der Waals surface area contributed by atoms with Gasteiger partial charge in [0.15, 0.2) is 6.10 Å². The summed E-state index contributed by atoms with van der Waals surface area (Å²) in [6.07, 6.45) is -1.19. The normalized spacial score (nSPS) is 22.6. The third-order valence-electron chi connectivity index (χ3n) is 3.03. The molecule has 2 atom stereocenters. The SMILES string of the molecule is C[C@@H]1CN(C(=O)c2ccc(Br)cc2F)CC(C(N)=O)O1. The van der Waals surface area contributed by atoms with Crippen LogP contribution < -0.4 is 5.73 Å². The Kier molecular flexibility index (Phi) is 4.39. The van der Waals surface area contributed by atoms with Gasteiger partial charge in [0, 0.05) is 11.0 Å². The molecule has 1 aliphatic heterocycles. The van der Waals surface area contributed by atoms with Crippen molar-refractivity contribution in [3.8, 4) is 0 Å². The Balaban J connectivity index is 2.21. The lowest BCUT2D eigenvalue weighted by atomic mass is 10.1. The van der Waals surface area contributed by atoms with Crippen molar-refractivity contribution >= 4 is 27.7 Å². The molecule has 0 radical (unpaired) electrons. The molecule has 7 heteroatoms. The first kappa shape index (κ1) is 14.9. The summed E-state index contributed by atoms with van der Waals surface area (Å²) in [7, 11) is 0. The number of benzene rings is 1. The number of halogens is 2. The van der Waals surface area contributed by atoms with Gasteiger partial charge in [0.25, 0.3) is 5.91 Å². The predicted octanol–water partition coefficient (Wildman–Crippen LogP) is 1.30. The number of hydrogen-bond acceptors (Lipinski definition) is 3. The number of primary amides is 1. The van der Waals surface area contributed by atoms with Gasteiger partial charge in [0.1, 0.15) is 5.82 Å². The lowest BCUT2D eigenvalue weighted by Gasteiger charge is -2.35. The molecule has 0 spiro atoms. The van der Waals surface area contributed by atoms with Crippen molar-refractivity contribution in [3.05, 3.63) is 34.1 Å². The second kappa shape index (κ2) is 5.88. The maximum Gasteiger partial charge on any atom is 0.257 e. The van der Waals surface area contributed by atoms with E-state index < -0.39 is 23.7 Å². The molecule has 2 amide bonds. The summed E-state index contributed by atoms with van der Waals surface area (Å²) in [6, 6.07) is 4.22. The molecule has 1 saturated heterocycles. The van der Waals surface area contributed by atoms with Crippen molar-refractivity contribution < 1.29 is 18.7 Å². The Morgan fingerprint density at radius 2 is 2.15 bits per heavy atom. The summed E-state index contributed by atoms with van der Waals surface area (Å²) < 4.78 is 19.7. The smallest absolute Gasteiger partial charge is 0.257 e. The Bertz CT molecular complexity index is 552. The molecule has 0 aliphatic carbocycles. The molecule has 0 aromatic heterocycles. The van der Waals surface area contributed by atoms with Crippen LogP contribution in [0.25, 0.3) is 0 Å². The second-order valence-electron chi connectivity index (χ2n) is 4.67. The topological polar surface area (TPSA) is 72.6 Å². The van der Waals surface area contributed by atoms with Crippen LogP contribution in [-0.4, -0.2) is 42.0 Å². The van der Waals surface area contributed by atoms with Crippen molar-refractivity contribution in [2.75, 3.05) is 13.1 Å². The molecule has 5 nitrogen and oxygen atoms in total. The summed E-state index contributed by atoms with van der Waals surface area (Å²) in [5.41, 5.74) is 5.16. The minimum absolute atomic E-state index is 0.0357. The monoisotopic (exact) mass is 344 g/mol. The van der Waals surface area contributed by atoms with Gasteiger partial charge in [-0.1, -0.05) is 15.9 Å². The molecule has 20 heavy (non-hydrogen) atoms. The predicted molar refractivity (Wildman–Crippen MR) is 73.5 cm³/mol. The van der Waals surface area contributed by atoms with E-state index in [1.165, 1.54) is 17.0 Å². The van der Waals surface area contributed by atoms with Crippen molar-refractivity contribution in [2.24, 2.45) is 5.73 Å². The number of hydrogen-bond donors (Lipinski definition) is 1. The van der Waals surface area contributed by atoms with Crippen LogP contribution in [0.15, 0.2) is 22.7 Å². The van der Waals surface area contributed by atoms with Crippen LogP contribution in [0, 0.1) is 5.82 Å². The van der Waals surface area contributed by atoms with E-state index in [2.05, 4.69) is 15.9 Å². The van der Waals surface area contributed by atoms with Crippen LogP contribution in [0.4, 0.5) is 4.39 Å². The van der Waals surface area contributed by atoms with Crippen LogP contribution in [0.5, 0.6) is 0 Å². The number of carbonyl (C=O) groups is 2. The highest BCUT2D eigenvalue weighted by molar-refractivity contribution is 9.10. The molecule has 0 bridgehead atoms. The van der Waals surface area contributed by atoms with Gasteiger partial charge in [-0.2, -0.15) is 0 Å². The van der Waals surface area contributed by atoms with Crippen molar-refractivity contribution in [1.82, 2.24) is 4.90 Å². The van der Waals surface area contributed by atoms with E-state index in [9.17, 15) is 14.0 Å². The maximum absolute atomic E-state index is 13.8. The van der Waals surface area contributed by atoms with Crippen LogP contribution in [0.3, 0.4) is 0 Å². The molecule has 2 N–H and O–H groups in total. The van der Waals surface area contributed by atoms with Crippen LogP contribution in [-0.2, 0) is 9.53 Å². The van der Waals surface area contributed by atoms with Crippen molar-refractivity contribution in [1.29, 1.82) is 0 Å². The van der Waals surface area contributed by atoms with E-state index in [1.54, 1.807) is 13.0 Å². The highest BCUT2D eigenvalue weighted by Crippen LogP contribution is 2.19. The first-order valence-corrected chi connectivity index (χ1v) is 6.87. The standard InChI is InChI=1S/C13H14BrFN2O3/c1-7-5-17(6-11(20-7)12(16)18)13(19)9-3-2-8(14)4-10(9)15/h2-4,7,11H,5-6H2,1H3,(H2,16,18)/t7-,11?/m1/s1. The Hall–Kier alpha value is -1.47. The number of nitrogens with two attached hydrogens (primary N) is 1. The Labute approximate surface area is 124 Å². The molecule has 1 heterocycles. The lowest BCUT2D eigenvalue weighted by Crippen LogP contribution is -2.53. The van der Waals surface area contributed by atoms with Gasteiger partial charge in [0.2, 0.25) is 5.91 Å². The number of morpholine rings is 1. The minimum atomic E-state index is -0.860. The number of nitrogens with zero attached hydrogens (tertiary/aromatic N) is 1. The van der Waals surface area contributed by atoms with Crippen molar-refractivity contribution in [3.63, 3.8) is 0 Å². The van der Waals surface area contributed by atoms with Crippen molar-refractivity contribution in [2.45, 2.75) is 19.1 Å². The zero-order valence-corrected chi connectivity index (χ0v) is 12.4. The average Bonchev–Trinajstić information content (AvgIpc) is 2.37. The fraction of sp³-hybridized carbons (Fsp3) is 0.385. The van der Waals surface area contributed by atoms with Gasteiger partial charge in [-0.25, -0.2) is 4.39 Å². The van der Waals surface area contributed by atoms with E-state index in [1.807, 2.05) is 0 Å². The molecular weight excluding hydrogens is 331 g/mol. The average molecular weight is 345 g/mol. The first-order chi connectivity index (χ1) is 9.38. The van der Waals surface area contributed by atoms with E-state index in [4.69, 9.17) is 10.5 Å². The third kappa shape index (κ3) is 3.16. The summed E-state index contributed by atoms with van der Waals surface area (Å²) >= 11 is 3.13. The number of amides is 2. The zero-order chi connectivity index (χ0) is 14.9. The molecular formula is C13H14BrFN2O3. The Morgan fingerprint density at radius 1 is 1.45 bits per heavy atom. The minimum Gasteiger partial charge on any atom is -0.367 e. The number of carbonyl (C=O) groups excluding carboxylic acids is 2. The molecule has 1 aliphatic rings. The third-order valence-corrected chi connectivity index (χ3v) is 3.52. The fourth-order valence-electron chi connectivity index (χ4n) is 2.11. The fourth-order valence-corrected chi connectivity index (χ4v) is 2.44. The molecule has 1 unspecified atom stereocenters. The van der Waals surface area contributed by atoms with Gasteiger partial charge >= 0.3 is 0 Å². The summed E-state index contributed by atoms with van der Waals surface area (Å²) in [6.45, 7) is 2.06. The maximum atomic E-state index is 13.8. The highest BCUT2D eigenvalue weighted by Gasteiger charge is 2.32. The molecule has 1 fully saturated rings. The van der Waals surface area contributed by atoms with E-state index >= 15 is 0 Å². The molecule has 1 aromatic carbocycles. The second-order valence-corrected chi connectivity index (χ2v) is 5.59. The van der Waals surface area contributed by atoms with E-state index in [-0.39, 0.29) is 24.8 Å². The van der Waals surface area contributed by atoms with Gasteiger partial charge < -0.3 is 15.4 Å². The van der Waals surface area contributed by atoms with Crippen LogP contribution >= 0.6 is 15.9 Å². The lowest BCUT2D eigenvalue weighted by molar-refractivity contribution is -0.140. The molecule has 1 aromatic rings.